The molecule has 80 valence electrons. The molecule has 0 aliphatic rings. The molecule has 0 amide bonds. The Morgan fingerprint density at radius 1 is 1.46 bits per heavy atom. The van der Waals surface area contributed by atoms with Crippen LogP contribution >= 0.6 is 11.8 Å². The lowest BCUT2D eigenvalue weighted by Gasteiger charge is -2.10. The molecule has 0 aliphatic heterocycles. The maximum absolute atomic E-state index is 8.43. The Hall–Kier alpha value is 0.230. The number of ether oxygens (including phenoxy) is 1. The molecule has 1 atom stereocenters. The molecule has 0 rings (SSSR count). The second kappa shape index (κ2) is 10.3. The van der Waals surface area contributed by atoms with Gasteiger partial charge in [-0.15, -0.1) is 0 Å². The van der Waals surface area contributed by atoms with Crippen LogP contribution in [0.5, 0.6) is 0 Å². The van der Waals surface area contributed by atoms with Crippen LogP contribution in [0.1, 0.15) is 6.92 Å². The monoisotopic (exact) mass is 207 g/mol. The summed E-state index contributed by atoms with van der Waals surface area (Å²) in [6, 6.07) is 0. The van der Waals surface area contributed by atoms with E-state index in [1.807, 2.05) is 11.8 Å². The lowest BCUT2D eigenvalue weighted by Crippen LogP contribution is -2.26. The highest BCUT2D eigenvalue weighted by molar-refractivity contribution is 7.98. The van der Waals surface area contributed by atoms with Crippen LogP contribution in [-0.2, 0) is 4.74 Å². The standard InChI is InChI=1S/C9H21NO2S/c1-9(8-13-2)7-10-3-5-12-6-4-11/h9-11H,3-8H2,1-2H3. The van der Waals surface area contributed by atoms with Crippen molar-refractivity contribution in [3.8, 4) is 0 Å². The van der Waals surface area contributed by atoms with Gasteiger partial charge < -0.3 is 15.2 Å². The summed E-state index contributed by atoms with van der Waals surface area (Å²) < 4.78 is 5.11. The number of aliphatic hydroxyl groups excluding tert-OH is 1. The molecule has 1 unspecified atom stereocenters. The lowest BCUT2D eigenvalue weighted by atomic mass is 10.2. The van der Waals surface area contributed by atoms with Crippen LogP contribution in [0, 0.1) is 5.92 Å². The van der Waals surface area contributed by atoms with E-state index in [0.717, 1.165) is 13.1 Å². The fraction of sp³-hybridized carbons (Fsp3) is 1.00. The van der Waals surface area contributed by atoms with E-state index in [1.165, 1.54) is 5.75 Å². The molecule has 0 fully saturated rings. The first-order valence-electron chi connectivity index (χ1n) is 4.69. The van der Waals surface area contributed by atoms with E-state index in [-0.39, 0.29) is 6.61 Å². The van der Waals surface area contributed by atoms with Gasteiger partial charge >= 0.3 is 0 Å². The molecular formula is C9H21NO2S. The van der Waals surface area contributed by atoms with Crippen molar-refractivity contribution in [2.75, 3.05) is 44.9 Å². The molecule has 4 heteroatoms. The molecule has 13 heavy (non-hydrogen) atoms. The van der Waals surface area contributed by atoms with Gasteiger partial charge in [0.05, 0.1) is 19.8 Å². The van der Waals surface area contributed by atoms with Gasteiger partial charge in [0.1, 0.15) is 0 Å². The van der Waals surface area contributed by atoms with Crippen LogP contribution in [0.3, 0.4) is 0 Å². The number of aliphatic hydroxyl groups is 1. The molecule has 2 N–H and O–H groups in total. The third-order valence-electron chi connectivity index (χ3n) is 1.60. The largest absolute Gasteiger partial charge is 0.394 e. The van der Waals surface area contributed by atoms with Crippen molar-refractivity contribution in [2.24, 2.45) is 5.92 Å². The van der Waals surface area contributed by atoms with Crippen LogP contribution in [0.2, 0.25) is 0 Å². The van der Waals surface area contributed by atoms with Gasteiger partial charge in [-0.1, -0.05) is 6.92 Å². The summed E-state index contributed by atoms with van der Waals surface area (Å²) in [5.41, 5.74) is 0. The highest BCUT2D eigenvalue weighted by Gasteiger charge is 1.98. The van der Waals surface area contributed by atoms with Crippen molar-refractivity contribution in [3.63, 3.8) is 0 Å². The Labute approximate surface area is 85.2 Å². The van der Waals surface area contributed by atoms with Crippen molar-refractivity contribution in [2.45, 2.75) is 6.92 Å². The fourth-order valence-electron chi connectivity index (χ4n) is 1.00. The predicted molar refractivity (Wildman–Crippen MR) is 58.3 cm³/mol. The van der Waals surface area contributed by atoms with Gasteiger partial charge in [0.25, 0.3) is 0 Å². The highest BCUT2D eigenvalue weighted by atomic mass is 32.2. The molecule has 0 heterocycles. The minimum atomic E-state index is 0.114. The first-order valence-corrected chi connectivity index (χ1v) is 6.09. The Balaban J connectivity index is 2.97. The topological polar surface area (TPSA) is 41.5 Å². The Morgan fingerprint density at radius 3 is 2.85 bits per heavy atom. The highest BCUT2D eigenvalue weighted by Crippen LogP contribution is 2.01. The molecule has 0 aromatic heterocycles. The summed E-state index contributed by atoms with van der Waals surface area (Å²) in [4.78, 5) is 0. The van der Waals surface area contributed by atoms with Crippen LogP contribution < -0.4 is 5.32 Å². The fourth-order valence-corrected chi connectivity index (χ4v) is 1.69. The van der Waals surface area contributed by atoms with E-state index >= 15 is 0 Å². The van der Waals surface area contributed by atoms with Gasteiger partial charge in [0, 0.05) is 6.54 Å². The maximum Gasteiger partial charge on any atom is 0.0698 e. The molecular weight excluding hydrogens is 186 g/mol. The van der Waals surface area contributed by atoms with Gasteiger partial charge in [-0.05, 0) is 24.5 Å². The van der Waals surface area contributed by atoms with Crippen molar-refractivity contribution in [1.29, 1.82) is 0 Å². The van der Waals surface area contributed by atoms with Gasteiger partial charge in [-0.3, -0.25) is 0 Å². The lowest BCUT2D eigenvalue weighted by molar-refractivity contribution is 0.0937. The number of hydrogen-bond donors (Lipinski definition) is 2. The summed E-state index contributed by atoms with van der Waals surface area (Å²) >= 11 is 1.88. The first kappa shape index (κ1) is 13.2. The molecule has 0 saturated heterocycles. The van der Waals surface area contributed by atoms with Crippen molar-refractivity contribution in [3.05, 3.63) is 0 Å². The third kappa shape index (κ3) is 10.1. The first-order chi connectivity index (χ1) is 6.31. The van der Waals surface area contributed by atoms with E-state index in [2.05, 4.69) is 18.5 Å². The third-order valence-corrected chi connectivity index (χ3v) is 2.51. The normalized spacial score (nSPS) is 13.2. The Bertz CT molecular complexity index is 104. The van der Waals surface area contributed by atoms with Crippen LogP contribution in [0.4, 0.5) is 0 Å². The zero-order valence-corrected chi connectivity index (χ0v) is 9.40. The molecule has 0 aliphatic carbocycles. The Morgan fingerprint density at radius 2 is 2.23 bits per heavy atom. The second-order valence-corrected chi connectivity index (χ2v) is 4.01. The summed E-state index contributed by atoms with van der Waals surface area (Å²) in [5.74, 6) is 1.91. The average molecular weight is 207 g/mol. The van der Waals surface area contributed by atoms with Crippen molar-refractivity contribution < 1.29 is 9.84 Å². The molecule has 0 saturated carbocycles. The SMILES string of the molecule is CSCC(C)CNCCOCCO. The minimum Gasteiger partial charge on any atom is -0.394 e. The second-order valence-electron chi connectivity index (χ2n) is 3.10. The summed E-state index contributed by atoms with van der Waals surface area (Å²) in [6.45, 7) is 5.40. The summed E-state index contributed by atoms with van der Waals surface area (Å²) in [5, 5.41) is 11.7. The predicted octanol–water partition coefficient (Wildman–Crippen LogP) is 0.584. The number of nitrogens with one attached hydrogen (secondary N) is 1. The smallest absolute Gasteiger partial charge is 0.0698 e. The van der Waals surface area contributed by atoms with Gasteiger partial charge in [0.15, 0.2) is 0 Å². The molecule has 3 nitrogen and oxygen atoms in total. The zero-order valence-electron chi connectivity index (χ0n) is 8.58. The maximum atomic E-state index is 8.43. The molecule has 0 bridgehead atoms. The molecule has 0 aromatic rings. The molecule has 0 radical (unpaired) electrons. The van der Waals surface area contributed by atoms with E-state index in [4.69, 9.17) is 9.84 Å². The van der Waals surface area contributed by atoms with Crippen LogP contribution in [0.25, 0.3) is 0 Å². The number of hydrogen-bond acceptors (Lipinski definition) is 4. The minimum absolute atomic E-state index is 0.114. The number of rotatable bonds is 9. The molecule has 0 aromatic carbocycles. The van der Waals surface area contributed by atoms with Crippen LogP contribution in [-0.4, -0.2) is 50.0 Å². The van der Waals surface area contributed by atoms with Crippen molar-refractivity contribution >= 4 is 11.8 Å². The average Bonchev–Trinajstić information content (AvgIpc) is 2.11. The van der Waals surface area contributed by atoms with E-state index in [0.29, 0.717) is 19.1 Å². The van der Waals surface area contributed by atoms with Crippen LogP contribution in [0.15, 0.2) is 0 Å². The summed E-state index contributed by atoms with van der Waals surface area (Å²) in [6.07, 6.45) is 2.13. The van der Waals surface area contributed by atoms with Crippen molar-refractivity contribution in [1.82, 2.24) is 5.32 Å². The Kier molecular flexibility index (Phi) is 10.5. The zero-order chi connectivity index (χ0) is 9.94. The van der Waals surface area contributed by atoms with E-state index in [1.54, 1.807) is 0 Å². The van der Waals surface area contributed by atoms with Gasteiger partial charge in [-0.25, -0.2) is 0 Å². The quantitative estimate of drug-likeness (QED) is 0.543. The molecule has 0 spiro atoms. The van der Waals surface area contributed by atoms with E-state index in [9.17, 15) is 0 Å². The van der Waals surface area contributed by atoms with Gasteiger partial charge in [-0.2, -0.15) is 11.8 Å². The van der Waals surface area contributed by atoms with E-state index < -0.39 is 0 Å². The van der Waals surface area contributed by atoms with Gasteiger partial charge in [0.2, 0.25) is 0 Å². The summed E-state index contributed by atoms with van der Waals surface area (Å²) in [7, 11) is 0. The number of thioether (sulfide) groups is 1.